The fourth-order valence-corrected chi connectivity index (χ4v) is 1.07. The molecule has 0 saturated heterocycles. The molecule has 1 N–H and O–H groups in total. The highest BCUT2D eigenvalue weighted by atomic mass is 19.1. The molecule has 0 aliphatic carbocycles. The van der Waals surface area contributed by atoms with E-state index in [4.69, 9.17) is 6.48 Å². The van der Waals surface area contributed by atoms with Gasteiger partial charge in [-0.05, 0) is 30.0 Å². The molecule has 0 amide bonds. The van der Waals surface area contributed by atoms with Gasteiger partial charge in [0.2, 0.25) is 0 Å². The Hall–Kier alpha value is -1.15. The van der Waals surface area contributed by atoms with Crippen molar-refractivity contribution in [2.24, 2.45) is 5.92 Å². The standard InChI is InChI=1S/C12H15FO/c1-2-10(9-14)3-4-11-5-7-12(13)8-6-11/h3-8,10,14H,2,9H2,1H3/b4-3+/t10-/m0/s1/i1D. The Morgan fingerprint density at radius 1 is 1.50 bits per heavy atom. The van der Waals surface area contributed by atoms with Crippen LogP contribution in [0.4, 0.5) is 4.39 Å². The van der Waals surface area contributed by atoms with Crippen LogP contribution < -0.4 is 0 Å². The molecule has 0 unspecified atom stereocenters. The van der Waals surface area contributed by atoms with Gasteiger partial charge in [0.05, 0.1) is 0 Å². The zero-order valence-electron chi connectivity index (χ0n) is 8.99. The van der Waals surface area contributed by atoms with Gasteiger partial charge in [-0.15, -0.1) is 0 Å². The molecule has 0 aromatic heterocycles. The minimum absolute atomic E-state index is 0.0209. The molecule has 0 fully saturated rings. The predicted molar refractivity (Wildman–Crippen MR) is 56.3 cm³/mol. The summed E-state index contributed by atoms with van der Waals surface area (Å²) >= 11 is 0. The maximum Gasteiger partial charge on any atom is 0.123 e. The second-order valence-corrected chi connectivity index (χ2v) is 3.14. The minimum atomic E-state index is -0.253. The van der Waals surface area contributed by atoms with Gasteiger partial charge in [-0.1, -0.05) is 31.2 Å². The number of hydrogen-bond donors (Lipinski definition) is 1. The van der Waals surface area contributed by atoms with Crippen LogP contribution in [0.3, 0.4) is 0 Å². The molecule has 0 heterocycles. The predicted octanol–water partition coefficient (Wildman–Crippen LogP) is 2.86. The monoisotopic (exact) mass is 195 g/mol. The lowest BCUT2D eigenvalue weighted by molar-refractivity contribution is 0.250. The normalized spacial score (nSPS) is 14.3. The number of aliphatic hydroxyl groups excluding tert-OH is 1. The lowest BCUT2D eigenvalue weighted by Gasteiger charge is -2.03. The van der Waals surface area contributed by atoms with E-state index < -0.39 is 0 Å². The van der Waals surface area contributed by atoms with Crippen LogP contribution in [0.25, 0.3) is 6.08 Å². The van der Waals surface area contributed by atoms with Gasteiger partial charge in [-0.3, -0.25) is 0 Å². The maximum absolute atomic E-state index is 12.6. The Kier molecular flexibility index (Phi) is 3.73. The van der Waals surface area contributed by atoms with E-state index in [1.807, 2.05) is 12.2 Å². The average Bonchev–Trinajstić information content (AvgIpc) is 2.26. The first-order chi connectivity index (χ1) is 7.26. The Morgan fingerprint density at radius 2 is 2.21 bits per heavy atom. The quantitative estimate of drug-likeness (QED) is 0.783. The van der Waals surface area contributed by atoms with Crippen LogP contribution in [-0.4, -0.2) is 11.7 Å². The molecular weight excluding hydrogens is 179 g/mol. The molecule has 0 saturated carbocycles. The van der Waals surface area contributed by atoms with Crippen molar-refractivity contribution in [2.45, 2.75) is 13.3 Å². The highest BCUT2D eigenvalue weighted by Crippen LogP contribution is 2.09. The summed E-state index contributed by atoms with van der Waals surface area (Å²) in [5.41, 5.74) is 0.903. The van der Waals surface area contributed by atoms with Gasteiger partial charge in [-0.25, -0.2) is 4.39 Å². The number of halogens is 1. The lowest BCUT2D eigenvalue weighted by atomic mass is 10.1. The van der Waals surface area contributed by atoms with E-state index in [1.165, 1.54) is 12.1 Å². The molecule has 1 nitrogen and oxygen atoms in total. The molecule has 0 bridgehead atoms. The van der Waals surface area contributed by atoms with Gasteiger partial charge in [-0.2, -0.15) is 0 Å². The van der Waals surface area contributed by atoms with E-state index in [9.17, 15) is 4.39 Å². The molecule has 76 valence electrons. The first-order valence-electron chi connectivity index (χ1n) is 5.31. The minimum Gasteiger partial charge on any atom is -0.396 e. The molecule has 1 atom stereocenters. The Labute approximate surface area is 85.3 Å². The second-order valence-electron chi connectivity index (χ2n) is 3.14. The van der Waals surface area contributed by atoms with E-state index in [0.29, 0.717) is 13.3 Å². The van der Waals surface area contributed by atoms with E-state index in [-0.39, 0.29) is 18.3 Å². The summed E-state index contributed by atoms with van der Waals surface area (Å²) in [6.45, 7) is 0.357. The first-order valence-corrected chi connectivity index (χ1v) is 4.60. The fraction of sp³-hybridized carbons (Fsp3) is 0.333. The Morgan fingerprint density at radius 3 is 2.79 bits per heavy atom. The summed E-state index contributed by atoms with van der Waals surface area (Å²) < 4.78 is 19.6. The summed E-state index contributed by atoms with van der Waals surface area (Å²) in [6, 6.07) is 6.16. The third-order valence-corrected chi connectivity index (χ3v) is 2.04. The molecule has 0 radical (unpaired) electrons. The van der Waals surface area contributed by atoms with Gasteiger partial charge >= 0.3 is 0 Å². The number of hydrogen-bond acceptors (Lipinski definition) is 1. The van der Waals surface area contributed by atoms with Crippen molar-refractivity contribution in [3.63, 3.8) is 0 Å². The first kappa shape index (κ1) is 9.41. The zero-order valence-corrected chi connectivity index (χ0v) is 7.99. The number of rotatable bonds is 4. The average molecular weight is 195 g/mol. The van der Waals surface area contributed by atoms with E-state index in [1.54, 1.807) is 12.1 Å². The van der Waals surface area contributed by atoms with Crippen molar-refractivity contribution < 1.29 is 10.9 Å². The molecule has 2 heteroatoms. The van der Waals surface area contributed by atoms with Crippen LogP contribution in [0.15, 0.2) is 30.3 Å². The van der Waals surface area contributed by atoms with Crippen molar-refractivity contribution in [3.8, 4) is 0 Å². The third kappa shape index (κ3) is 3.30. The zero-order chi connectivity index (χ0) is 11.1. The second kappa shape index (κ2) is 5.55. The molecular formula is C12H15FO. The summed E-state index contributed by atoms with van der Waals surface area (Å²) in [5.74, 6) is -0.232. The van der Waals surface area contributed by atoms with Crippen molar-refractivity contribution in [3.05, 3.63) is 41.7 Å². The number of aliphatic hydroxyl groups is 1. The van der Waals surface area contributed by atoms with Crippen molar-refractivity contribution in [2.75, 3.05) is 6.61 Å². The van der Waals surface area contributed by atoms with E-state index in [2.05, 4.69) is 0 Å². The largest absolute Gasteiger partial charge is 0.396 e. The van der Waals surface area contributed by atoms with E-state index >= 15 is 0 Å². The van der Waals surface area contributed by atoms with Crippen molar-refractivity contribution >= 4 is 6.08 Å². The number of benzene rings is 1. The molecule has 0 aliphatic rings. The highest BCUT2D eigenvalue weighted by molar-refractivity contribution is 5.49. The molecule has 1 rings (SSSR count). The van der Waals surface area contributed by atoms with Crippen molar-refractivity contribution in [1.29, 1.82) is 0 Å². The van der Waals surface area contributed by atoms with Gasteiger partial charge in [0, 0.05) is 7.98 Å². The van der Waals surface area contributed by atoms with Gasteiger partial charge in [0.25, 0.3) is 0 Å². The SMILES string of the molecule is [2H]CC[C@@H](/C=C/c1ccc(F)cc1)CO. The summed E-state index contributed by atoms with van der Waals surface area (Å²) in [6.07, 6.45) is 4.35. The molecule has 1 aromatic rings. The molecule has 0 aliphatic heterocycles. The third-order valence-electron chi connectivity index (χ3n) is 2.04. The van der Waals surface area contributed by atoms with Gasteiger partial charge < -0.3 is 5.11 Å². The summed E-state index contributed by atoms with van der Waals surface area (Å²) in [5, 5.41) is 8.98. The van der Waals surface area contributed by atoms with Crippen LogP contribution in [0.1, 0.15) is 20.3 Å². The van der Waals surface area contributed by atoms with Gasteiger partial charge in [0.1, 0.15) is 5.82 Å². The van der Waals surface area contributed by atoms with E-state index in [0.717, 1.165) is 5.56 Å². The summed E-state index contributed by atoms with van der Waals surface area (Å²) in [7, 11) is 0. The van der Waals surface area contributed by atoms with Crippen LogP contribution >= 0.6 is 0 Å². The van der Waals surface area contributed by atoms with Crippen LogP contribution in [0.2, 0.25) is 0 Å². The maximum atomic E-state index is 12.6. The Balaban J connectivity index is 2.59. The topological polar surface area (TPSA) is 20.2 Å². The van der Waals surface area contributed by atoms with Gasteiger partial charge in [0.15, 0.2) is 0 Å². The van der Waals surface area contributed by atoms with Crippen molar-refractivity contribution in [1.82, 2.24) is 0 Å². The van der Waals surface area contributed by atoms with Crippen LogP contribution in [-0.2, 0) is 0 Å². The molecule has 0 spiro atoms. The van der Waals surface area contributed by atoms with Crippen LogP contribution in [0, 0.1) is 11.7 Å². The Bertz CT molecular complexity index is 308. The smallest absolute Gasteiger partial charge is 0.123 e. The lowest BCUT2D eigenvalue weighted by Crippen LogP contribution is -1.99. The highest BCUT2D eigenvalue weighted by Gasteiger charge is 1.97. The molecule has 1 aromatic carbocycles. The fourth-order valence-electron chi connectivity index (χ4n) is 1.07. The molecule has 14 heavy (non-hydrogen) atoms. The summed E-state index contributed by atoms with van der Waals surface area (Å²) in [4.78, 5) is 0. The van der Waals surface area contributed by atoms with Crippen LogP contribution in [0.5, 0.6) is 0 Å².